The molecule has 3 rings (SSSR count). The first kappa shape index (κ1) is 8.77. The fourth-order valence-corrected chi connectivity index (χ4v) is 2.47. The summed E-state index contributed by atoms with van der Waals surface area (Å²) in [4.78, 5) is 11.9. The molecule has 0 unspecified atom stereocenters. The van der Waals surface area contributed by atoms with Gasteiger partial charge in [-0.3, -0.25) is 4.79 Å². The average molecular weight is 202 g/mol. The summed E-state index contributed by atoms with van der Waals surface area (Å²) in [6, 6.07) is 2.06. The Hall–Kier alpha value is -1.51. The van der Waals surface area contributed by atoms with E-state index in [0.29, 0.717) is 0 Å². The minimum absolute atomic E-state index is 0.120. The van der Waals surface area contributed by atoms with Crippen LogP contribution in [0.15, 0.2) is 23.3 Å². The maximum atomic E-state index is 11.9. The molecule has 0 aliphatic carbocycles. The molecule has 1 aliphatic rings. The molecule has 0 aromatic carbocycles. The average Bonchev–Trinajstić information content (AvgIpc) is 2.63. The van der Waals surface area contributed by atoms with Crippen molar-refractivity contribution in [2.75, 3.05) is 0 Å². The third kappa shape index (κ3) is 1.16. The van der Waals surface area contributed by atoms with Crippen LogP contribution in [0.2, 0.25) is 0 Å². The molecule has 0 N–H and O–H groups in total. The molecule has 2 aromatic rings. The van der Waals surface area contributed by atoms with E-state index in [4.69, 9.17) is 0 Å². The second-order valence-electron chi connectivity index (χ2n) is 4.29. The zero-order chi connectivity index (χ0) is 10.4. The molecule has 0 spiro atoms. The van der Waals surface area contributed by atoms with Gasteiger partial charge in [-0.05, 0) is 25.3 Å². The maximum absolute atomic E-state index is 11.9. The van der Waals surface area contributed by atoms with E-state index in [0.717, 1.165) is 23.7 Å². The van der Waals surface area contributed by atoms with Crippen LogP contribution in [0.3, 0.4) is 0 Å². The highest BCUT2D eigenvalue weighted by Crippen LogP contribution is 2.24. The Morgan fingerprint density at radius 1 is 1.27 bits per heavy atom. The van der Waals surface area contributed by atoms with Gasteiger partial charge in [0.2, 0.25) is 0 Å². The summed E-state index contributed by atoms with van der Waals surface area (Å²) in [6.45, 7) is 1.06. The van der Waals surface area contributed by atoms with Crippen LogP contribution in [-0.2, 0) is 20.0 Å². The number of nitrogens with zero attached hydrogens (tertiary/aromatic N) is 2. The summed E-state index contributed by atoms with van der Waals surface area (Å²) in [5, 5.41) is 2.02. The molecule has 0 fully saturated rings. The number of hydrogen-bond acceptors (Lipinski definition) is 1. The van der Waals surface area contributed by atoms with Gasteiger partial charge < -0.3 is 9.13 Å². The van der Waals surface area contributed by atoms with Crippen LogP contribution in [0, 0.1) is 0 Å². The highest BCUT2D eigenvalue weighted by Gasteiger charge is 2.14. The molecule has 0 atom stereocenters. The highest BCUT2D eigenvalue weighted by molar-refractivity contribution is 5.84. The van der Waals surface area contributed by atoms with Gasteiger partial charge >= 0.3 is 0 Å². The van der Waals surface area contributed by atoms with Gasteiger partial charge in [0, 0.05) is 37.1 Å². The standard InChI is InChI=1S/C12H14N2O/c1-13-7-5-9-10(12(13)15)8-14-6-3-2-4-11(9)14/h5,7-8H,2-4,6H2,1H3. The molecule has 0 amide bonds. The van der Waals surface area contributed by atoms with Gasteiger partial charge in [0.1, 0.15) is 0 Å². The summed E-state index contributed by atoms with van der Waals surface area (Å²) < 4.78 is 3.89. The van der Waals surface area contributed by atoms with Crippen LogP contribution in [0.1, 0.15) is 18.5 Å². The van der Waals surface area contributed by atoms with Gasteiger partial charge in [0.05, 0.1) is 5.39 Å². The number of fused-ring (bicyclic) bond motifs is 3. The monoisotopic (exact) mass is 202 g/mol. The van der Waals surface area contributed by atoms with E-state index < -0.39 is 0 Å². The molecule has 78 valence electrons. The molecule has 3 heterocycles. The SMILES string of the molecule is Cn1ccc2c3n(cc2c1=O)CCCC3. The van der Waals surface area contributed by atoms with Crippen LogP contribution >= 0.6 is 0 Å². The lowest BCUT2D eigenvalue weighted by atomic mass is 10.1. The maximum Gasteiger partial charge on any atom is 0.259 e. The van der Waals surface area contributed by atoms with Crippen molar-refractivity contribution in [1.82, 2.24) is 9.13 Å². The van der Waals surface area contributed by atoms with Gasteiger partial charge in [-0.15, -0.1) is 0 Å². The largest absolute Gasteiger partial charge is 0.350 e. The van der Waals surface area contributed by atoms with E-state index >= 15 is 0 Å². The molecule has 2 aromatic heterocycles. The molecular formula is C12H14N2O. The van der Waals surface area contributed by atoms with Crippen molar-refractivity contribution in [3.8, 4) is 0 Å². The minimum Gasteiger partial charge on any atom is -0.350 e. The lowest BCUT2D eigenvalue weighted by Crippen LogP contribution is -2.14. The van der Waals surface area contributed by atoms with E-state index in [2.05, 4.69) is 10.6 Å². The first-order valence-corrected chi connectivity index (χ1v) is 5.45. The summed E-state index contributed by atoms with van der Waals surface area (Å²) in [7, 11) is 1.80. The van der Waals surface area contributed by atoms with Crippen LogP contribution in [0.4, 0.5) is 0 Å². The van der Waals surface area contributed by atoms with Crippen LogP contribution in [-0.4, -0.2) is 9.13 Å². The fourth-order valence-electron chi connectivity index (χ4n) is 2.47. The number of rotatable bonds is 0. The Kier molecular flexibility index (Phi) is 1.75. The van der Waals surface area contributed by atoms with Crippen molar-refractivity contribution in [3.63, 3.8) is 0 Å². The van der Waals surface area contributed by atoms with E-state index in [9.17, 15) is 4.79 Å². The molecular weight excluding hydrogens is 188 g/mol. The Morgan fingerprint density at radius 2 is 2.13 bits per heavy atom. The van der Waals surface area contributed by atoms with Crippen LogP contribution in [0.25, 0.3) is 10.8 Å². The number of aromatic nitrogens is 2. The molecule has 15 heavy (non-hydrogen) atoms. The topological polar surface area (TPSA) is 26.9 Å². The second kappa shape index (κ2) is 2.99. The third-order valence-corrected chi connectivity index (χ3v) is 3.31. The first-order valence-electron chi connectivity index (χ1n) is 5.45. The predicted octanol–water partition coefficient (Wildman–Crippen LogP) is 1.68. The lowest BCUT2D eigenvalue weighted by Gasteiger charge is -2.14. The fraction of sp³-hybridized carbons (Fsp3) is 0.417. The van der Waals surface area contributed by atoms with Gasteiger partial charge in [0.25, 0.3) is 5.56 Å². The second-order valence-corrected chi connectivity index (χ2v) is 4.29. The van der Waals surface area contributed by atoms with Gasteiger partial charge in [-0.2, -0.15) is 0 Å². The highest BCUT2D eigenvalue weighted by atomic mass is 16.1. The summed E-state index contributed by atoms with van der Waals surface area (Å²) >= 11 is 0. The van der Waals surface area contributed by atoms with E-state index in [-0.39, 0.29) is 5.56 Å². The Bertz CT molecular complexity index is 577. The van der Waals surface area contributed by atoms with Gasteiger partial charge in [-0.25, -0.2) is 0 Å². The Balaban J connectivity index is 2.41. The number of aryl methyl sites for hydroxylation is 3. The Labute approximate surface area is 87.9 Å². The van der Waals surface area contributed by atoms with Crippen molar-refractivity contribution in [2.45, 2.75) is 25.8 Å². The van der Waals surface area contributed by atoms with Crippen molar-refractivity contribution in [3.05, 3.63) is 34.5 Å². The summed E-state index contributed by atoms with van der Waals surface area (Å²) in [6.07, 6.45) is 7.46. The number of hydrogen-bond donors (Lipinski definition) is 0. The number of pyridine rings is 1. The summed E-state index contributed by atoms with van der Waals surface area (Å²) in [5.41, 5.74) is 1.46. The van der Waals surface area contributed by atoms with Crippen LogP contribution in [0.5, 0.6) is 0 Å². The van der Waals surface area contributed by atoms with E-state index in [1.54, 1.807) is 11.6 Å². The van der Waals surface area contributed by atoms with Crippen molar-refractivity contribution >= 4 is 10.8 Å². The van der Waals surface area contributed by atoms with Crippen molar-refractivity contribution in [1.29, 1.82) is 0 Å². The van der Waals surface area contributed by atoms with E-state index in [1.165, 1.54) is 18.5 Å². The Morgan fingerprint density at radius 3 is 3.00 bits per heavy atom. The normalized spacial score (nSPS) is 15.5. The summed E-state index contributed by atoms with van der Waals surface area (Å²) in [5.74, 6) is 0. The van der Waals surface area contributed by atoms with Gasteiger partial charge in [0.15, 0.2) is 0 Å². The minimum atomic E-state index is 0.120. The smallest absolute Gasteiger partial charge is 0.259 e. The third-order valence-electron chi connectivity index (χ3n) is 3.31. The molecule has 0 saturated carbocycles. The van der Waals surface area contributed by atoms with Gasteiger partial charge in [-0.1, -0.05) is 0 Å². The predicted molar refractivity (Wildman–Crippen MR) is 60.1 cm³/mol. The van der Waals surface area contributed by atoms with Crippen molar-refractivity contribution in [2.24, 2.45) is 7.05 Å². The lowest BCUT2D eigenvalue weighted by molar-refractivity contribution is 0.536. The molecule has 3 heteroatoms. The van der Waals surface area contributed by atoms with E-state index in [1.807, 2.05) is 12.4 Å². The molecule has 0 bridgehead atoms. The molecule has 3 nitrogen and oxygen atoms in total. The quantitative estimate of drug-likeness (QED) is 0.638. The van der Waals surface area contributed by atoms with Crippen LogP contribution < -0.4 is 5.56 Å². The molecule has 0 saturated heterocycles. The zero-order valence-corrected chi connectivity index (χ0v) is 8.86. The molecule has 1 aliphatic heterocycles. The zero-order valence-electron chi connectivity index (χ0n) is 8.86. The molecule has 0 radical (unpaired) electrons. The van der Waals surface area contributed by atoms with Crippen molar-refractivity contribution < 1.29 is 0 Å². The first-order chi connectivity index (χ1) is 7.27.